The van der Waals surface area contributed by atoms with Crippen molar-refractivity contribution in [3.63, 3.8) is 0 Å². The first-order chi connectivity index (χ1) is 13.7. The molecule has 2 N–H and O–H groups in total. The molecule has 2 aliphatic rings. The molecular formula is C21H18N4O3. The Morgan fingerprint density at radius 2 is 1.86 bits per heavy atom. The summed E-state index contributed by atoms with van der Waals surface area (Å²) in [5.74, 6) is -0.444. The SMILES string of the molecule is N#CC(C(=O)NC1CCCC1)=C1N=C(NC(=O)c2ccco2)c2ccccc21. The number of carbonyl (C=O) groups is 2. The summed E-state index contributed by atoms with van der Waals surface area (Å²) in [6.07, 6.45) is 5.40. The molecule has 1 aliphatic heterocycles. The lowest BCUT2D eigenvalue weighted by Gasteiger charge is -2.11. The molecule has 2 heterocycles. The normalized spacial score (nSPS) is 17.5. The maximum atomic E-state index is 12.7. The molecule has 28 heavy (non-hydrogen) atoms. The highest BCUT2D eigenvalue weighted by molar-refractivity contribution is 6.20. The van der Waals surface area contributed by atoms with Crippen LogP contribution in [0.5, 0.6) is 0 Å². The molecule has 1 aromatic carbocycles. The van der Waals surface area contributed by atoms with Crippen molar-refractivity contribution >= 4 is 23.3 Å². The van der Waals surface area contributed by atoms with Crippen LogP contribution in [0, 0.1) is 11.3 Å². The average molecular weight is 374 g/mol. The van der Waals surface area contributed by atoms with Gasteiger partial charge in [0, 0.05) is 17.2 Å². The average Bonchev–Trinajstić information content (AvgIpc) is 3.45. The fourth-order valence-corrected chi connectivity index (χ4v) is 3.53. The fourth-order valence-electron chi connectivity index (χ4n) is 3.53. The molecule has 7 nitrogen and oxygen atoms in total. The summed E-state index contributed by atoms with van der Waals surface area (Å²) in [7, 11) is 0. The first-order valence-electron chi connectivity index (χ1n) is 9.16. The molecule has 1 saturated carbocycles. The van der Waals surface area contributed by atoms with Crippen molar-refractivity contribution in [2.75, 3.05) is 0 Å². The van der Waals surface area contributed by atoms with Gasteiger partial charge in [0.1, 0.15) is 17.5 Å². The molecule has 0 radical (unpaired) electrons. The zero-order valence-corrected chi connectivity index (χ0v) is 15.1. The second-order valence-electron chi connectivity index (χ2n) is 6.73. The molecule has 2 aromatic rings. The minimum Gasteiger partial charge on any atom is -0.459 e. The number of amidine groups is 1. The van der Waals surface area contributed by atoms with Crippen molar-refractivity contribution in [3.05, 3.63) is 65.1 Å². The van der Waals surface area contributed by atoms with E-state index in [1.807, 2.05) is 6.07 Å². The van der Waals surface area contributed by atoms with Crippen LogP contribution >= 0.6 is 0 Å². The third-order valence-electron chi connectivity index (χ3n) is 4.90. The summed E-state index contributed by atoms with van der Waals surface area (Å²) in [5, 5.41) is 15.3. The summed E-state index contributed by atoms with van der Waals surface area (Å²) in [4.78, 5) is 29.4. The Hall–Kier alpha value is -3.66. The number of rotatable bonds is 3. The quantitative estimate of drug-likeness (QED) is 0.636. The Balaban J connectivity index is 1.68. The van der Waals surface area contributed by atoms with Crippen molar-refractivity contribution in [3.8, 4) is 6.07 Å². The maximum Gasteiger partial charge on any atom is 0.292 e. The van der Waals surface area contributed by atoms with Gasteiger partial charge in [0.05, 0.1) is 12.0 Å². The lowest BCUT2D eigenvalue weighted by Crippen LogP contribution is -2.33. The zero-order valence-electron chi connectivity index (χ0n) is 15.1. The van der Waals surface area contributed by atoms with Gasteiger partial charge >= 0.3 is 0 Å². The molecule has 1 fully saturated rings. The second-order valence-corrected chi connectivity index (χ2v) is 6.73. The van der Waals surface area contributed by atoms with Crippen LogP contribution in [-0.2, 0) is 4.79 Å². The highest BCUT2D eigenvalue weighted by Crippen LogP contribution is 2.31. The predicted molar refractivity (Wildman–Crippen MR) is 102 cm³/mol. The summed E-state index contributed by atoms with van der Waals surface area (Å²) in [6, 6.07) is 12.4. The van der Waals surface area contributed by atoms with Gasteiger partial charge in [0.2, 0.25) is 0 Å². The van der Waals surface area contributed by atoms with Crippen molar-refractivity contribution < 1.29 is 14.0 Å². The van der Waals surface area contributed by atoms with E-state index in [4.69, 9.17) is 4.42 Å². The van der Waals surface area contributed by atoms with Crippen molar-refractivity contribution in [2.24, 2.45) is 4.99 Å². The molecule has 0 bridgehead atoms. The number of hydrogen-bond donors (Lipinski definition) is 2. The molecule has 2 amide bonds. The van der Waals surface area contributed by atoms with E-state index in [1.165, 1.54) is 6.26 Å². The van der Waals surface area contributed by atoms with Gasteiger partial charge in [-0.15, -0.1) is 0 Å². The van der Waals surface area contributed by atoms with E-state index in [1.54, 1.807) is 36.4 Å². The largest absolute Gasteiger partial charge is 0.459 e. The van der Waals surface area contributed by atoms with Crippen LogP contribution in [-0.4, -0.2) is 23.7 Å². The number of carbonyl (C=O) groups excluding carboxylic acids is 2. The highest BCUT2D eigenvalue weighted by atomic mass is 16.3. The topological polar surface area (TPSA) is 107 Å². The standard InChI is InChI=1S/C21H18N4O3/c22-12-16(20(26)23-13-6-1-2-7-13)18-14-8-3-4-9-15(14)19(24-18)25-21(27)17-10-5-11-28-17/h3-5,8-11,13H,1-2,6-7H2,(H,23,26)(H,24,25,27). The molecule has 1 aliphatic carbocycles. The van der Waals surface area contributed by atoms with E-state index in [0.717, 1.165) is 25.7 Å². The molecule has 0 atom stereocenters. The fraction of sp³-hybridized carbons (Fsp3) is 0.238. The van der Waals surface area contributed by atoms with Crippen LogP contribution in [0.4, 0.5) is 0 Å². The summed E-state index contributed by atoms with van der Waals surface area (Å²) >= 11 is 0. The molecule has 0 saturated heterocycles. The molecule has 0 unspecified atom stereocenters. The van der Waals surface area contributed by atoms with Crippen LogP contribution in [0.25, 0.3) is 5.70 Å². The summed E-state index contributed by atoms with van der Waals surface area (Å²) in [6.45, 7) is 0. The lowest BCUT2D eigenvalue weighted by atomic mass is 10.0. The van der Waals surface area contributed by atoms with Crippen LogP contribution < -0.4 is 10.6 Å². The van der Waals surface area contributed by atoms with E-state index >= 15 is 0 Å². The Kier molecular flexibility index (Phi) is 4.77. The van der Waals surface area contributed by atoms with Gasteiger partial charge in [-0.1, -0.05) is 37.1 Å². The molecule has 4 rings (SSSR count). The zero-order chi connectivity index (χ0) is 19.5. The number of nitrogens with zero attached hydrogens (tertiary/aromatic N) is 2. The Morgan fingerprint density at radius 3 is 2.54 bits per heavy atom. The summed E-state index contributed by atoms with van der Waals surface area (Å²) in [5.41, 5.74) is 1.50. The van der Waals surface area contributed by atoms with Crippen molar-refractivity contribution in [1.82, 2.24) is 10.6 Å². The van der Waals surface area contributed by atoms with E-state index in [-0.39, 0.29) is 28.9 Å². The number of aliphatic imine (C=N–C) groups is 1. The first-order valence-corrected chi connectivity index (χ1v) is 9.16. The smallest absolute Gasteiger partial charge is 0.292 e. The van der Waals surface area contributed by atoms with Gasteiger partial charge < -0.3 is 15.1 Å². The molecule has 7 heteroatoms. The van der Waals surface area contributed by atoms with Gasteiger partial charge in [0.25, 0.3) is 11.8 Å². The number of hydrogen-bond acceptors (Lipinski definition) is 5. The minimum absolute atomic E-state index is 0.0541. The Bertz CT molecular complexity index is 1020. The lowest BCUT2D eigenvalue weighted by molar-refractivity contribution is -0.117. The molecule has 1 aromatic heterocycles. The number of furan rings is 1. The number of amides is 2. The number of fused-ring (bicyclic) bond motifs is 1. The second kappa shape index (κ2) is 7.53. The van der Waals surface area contributed by atoms with E-state index in [2.05, 4.69) is 15.6 Å². The van der Waals surface area contributed by atoms with Gasteiger partial charge in [-0.25, -0.2) is 4.99 Å². The van der Waals surface area contributed by atoms with E-state index in [9.17, 15) is 14.9 Å². The van der Waals surface area contributed by atoms with Gasteiger partial charge in [-0.3, -0.25) is 9.59 Å². The van der Waals surface area contributed by atoms with Gasteiger partial charge in [-0.05, 0) is 25.0 Å². The highest BCUT2D eigenvalue weighted by Gasteiger charge is 2.28. The van der Waals surface area contributed by atoms with Crippen LogP contribution in [0.3, 0.4) is 0 Å². The van der Waals surface area contributed by atoms with Crippen molar-refractivity contribution in [1.29, 1.82) is 5.26 Å². The third kappa shape index (κ3) is 3.32. The summed E-state index contributed by atoms with van der Waals surface area (Å²) < 4.78 is 5.11. The van der Waals surface area contributed by atoms with Gasteiger partial charge in [0.15, 0.2) is 5.76 Å². The van der Waals surface area contributed by atoms with Crippen LogP contribution in [0.1, 0.15) is 47.4 Å². The monoisotopic (exact) mass is 374 g/mol. The van der Waals surface area contributed by atoms with E-state index in [0.29, 0.717) is 11.1 Å². The van der Waals surface area contributed by atoms with Crippen LogP contribution in [0.2, 0.25) is 0 Å². The van der Waals surface area contributed by atoms with Gasteiger partial charge in [-0.2, -0.15) is 5.26 Å². The Morgan fingerprint density at radius 1 is 1.11 bits per heavy atom. The molecule has 0 spiro atoms. The third-order valence-corrected chi connectivity index (χ3v) is 4.90. The predicted octanol–water partition coefficient (Wildman–Crippen LogP) is 2.76. The number of nitriles is 1. The van der Waals surface area contributed by atoms with E-state index < -0.39 is 11.8 Å². The molecular weight excluding hydrogens is 356 g/mol. The minimum atomic E-state index is -0.450. The van der Waals surface area contributed by atoms with Crippen LogP contribution in [0.15, 0.2) is 57.6 Å². The molecule has 140 valence electrons. The van der Waals surface area contributed by atoms with Crippen molar-refractivity contribution in [2.45, 2.75) is 31.7 Å². The maximum absolute atomic E-state index is 12.7. The Labute approximate surface area is 161 Å². The first kappa shape index (κ1) is 17.7. The number of nitrogens with one attached hydrogen (secondary N) is 2. The number of benzene rings is 1.